The van der Waals surface area contributed by atoms with Crippen molar-refractivity contribution in [1.82, 2.24) is 0 Å². The number of methoxy groups -OCH3 is 1. The Morgan fingerprint density at radius 3 is 2.70 bits per heavy atom. The highest BCUT2D eigenvalue weighted by Gasteiger charge is 2.15. The Morgan fingerprint density at radius 2 is 2.10 bits per heavy atom. The van der Waals surface area contributed by atoms with E-state index in [2.05, 4.69) is 6.07 Å². The van der Waals surface area contributed by atoms with Gasteiger partial charge in [-0.05, 0) is 45.2 Å². The zero-order valence-corrected chi connectivity index (χ0v) is 12.3. The number of benzene rings is 1. The van der Waals surface area contributed by atoms with Crippen LogP contribution >= 0.6 is 0 Å². The summed E-state index contributed by atoms with van der Waals surface area (Å²) in [5.74, 6) is 1.05. The smallest absolute Gasteiger partial charge is 0.171 e. The van der Waals surface area contributed by atoms with Gasteiger partial charge in [-0.3, -0.25) is 4.79 Å². The summed E-state index contributed by atoms with van der Waals surface area (Å²) in [6, 6.07) is 7.50. The molecule has 1 rings (SSSR count). The molecule has 0 aliphatic heterocycles. The number of nitriles is 1. The first kappa shape index (κ1) is 16.0. The van der Waals surface area contributed by atoms with Gasteiger partial charge in [0.1, 0.15) is 0 Å². The van der Waals surface area contributed by atoms with Crippen LogP contribution < -0.4 is 9.47 Å². The zero-order valence-electron chi connectivity index (χ0n) is 12.3. The molecule has 1 aromatic carbocycles. The number of carbonyl (C=O) groups excluding carboxylic acids is 1. The Bertz CT molecular complexity index is 489. The fourth-order valence-electron chi connectivity index (χ4n) is 1.84. The number of hydrogen-bond acceptors (Lipinski definition) is 4. The predicted molar refractivity (Wildman–Crippen MR) is 77.1 cm³/mol. The molecule has 20 heavy (non-hydrogen) atoms. The quantitative estimate of drug-likeness (QED) is 0.537. The molecule has 0 unspecified atom stereocenters. The highest BCUT2D eigenvalue weighted by Crippen LogP contribution is 2.30. The van der Waals surface area contributed by atoms with Crippen molar-refractivity contribution in [2.75, 3.05) is 13.7 Å². The van der Waals surface area contributed by atoms with E-state index in [1.807, 2.05) is 13.8 Å². The molecular formula is C16H21NO3. The van der Waals surface area contributed by atoms with Crippen molar-refractivity contribution >= 4 is 6.29 Å². The first-order chi connectivity index (χ1) is 9.54. The maximum atomic E-state index is 11.0. The molecular weight excluding hydrogens is 254 g/mol. The second kappa shape index (κ2) is 7.54. The van der Waals surface area contributed by atoms with Crippen LogP contribution in [0.15, 0.2) is 18.2 Å². The van der Waals surface area contributed by atoms with Gasteiger partial charge in [-0.25, -0.2) is 0 Å². The fraction of sp³-hybridized carbons (Fsp3) is 0.500. The summed E-state index contributed by atoms with van der Waals surface area (Å²) in [5.41, 5.74) is 0.194. The van der Waals surface area contributed by atoms with Gasteiger partial charge < -0.3 is 9.47 Å². The molecule has 108 valence electrons. The molecule has 0 atom stereocenters. The van der Waals surface area contributed by atoms with E-state index in [1.165, 1.54) is 0 Å². The Morgan fingerprint density at radius 1 is 1.35 bits per heavy atom. The third-order valence-corrected chi connectivity index (χ3v) is 3.10. The molecule has 0 N–H and O–H groups in total. The van der Waals surface area contributed by atoms with E-state index < -0.39 is 0 Å². The van der Waals surface area contributed by atoms with E-state index in [0.29, 0.717) is 23.7 Å². The van der Waals surface area contributed by atoms with Gasteiger partial charge in [0, 0.05) is 0 Å². The number of nitrogens with zero attached hydrogens (tertiary/aromatic N) is 1. The van der Waals surface area contributed by atoms with Crippen LogP contribution in [0.3, 0.4) is 0 Å². The van der Waals surface area contributed by atoms with E-state index in [9.17, 15) is 4.79 Å². The van der Waals surface area contributed by atoms with Crippen molar-refractivity contribution in [3.05, 3.63) is 23.8 Å². The number of aldehydes is 1. The van der Waals surface area contributed by atoms with Gasteiger partial charge >= 0.3 is 0 Å². The SMILES string of the molecule is COc1cccc(C=O)c1OCCCCC(C)(C)C#N. The van der Waals surface area contributed by atoms with Crippen LogP contribution in [0.2, 0.25) is 0 Å². The molecule has 0 bridgehead atoms. The van der Waals surface area contributed by atoms with Crippen molar-refractivity contribution in [2.24, 2.45) is 5.41 Å². The minimum atomic E-state index is -0.293. The number of rotatable bonds is 8. The zero-order chi connectivity index (χ0) is 15.0. The molecule has 0 aromatic heterocycles. The van der Waals surface area contributed by atoms with Gasteiger partial charge in [-0.2, -0.15) is 5.26 Å². The van der Waals surface area contributed by atoms with Crippen LogP contribution in [0.1, 0.15) is 43.5 Å². The minimum absolute atomic E-state index is 0.293. The van der Waals surface area contributed by atoms with Gasteiger partial charge in [-0.1, -0.05) is 6.07 Å². The summed E-state index contributed by atoms with van der Waals surface area (Å²) in [7, 11) is 1.55. The Hall–Kier alpha value is -2.02. The van der Waals surface area contributed by atoms with Crippen molar-refractivity contribution in [2.45, 2.75) is 33.1 Å². The van der Waals surface area contributed by atoms with E-state index in [0.717, 1.165) is 25.5 Å². The van der Waals surface area contributed by atoms with Crippen LogP contribution in [0.5, 0.6) is 11.5 Å². The summed E-state index contributed by atoms with van der Waals surface area (Å²) in [6.07, 6.45) is 3.34. The largest absolute Gasteiger partial charge is 0.493 e. The molecule has 0 spiro atoms. The van der Waals surface area contributed by atoms with E-state index in [-0.39, 0.29) is 5.41 Å². The molecule has 1 aromatic rings. The minimum Gasteiger partial charge on any atom is -0.493 e. The summed E-state index contributed by atoms with van der Waals surface area (Å²) in [5, 5.41) is 8.93. The van der Waals surface area contributed by atoms with E-state index in [1.54, 1.807) is 25.3 Å². The lowest BCUT2D eigenvalue weighted by Gasteiger charge is -2.15. The molecule has 4 heteroatoms. The Labute approximate surface area is 120 Å². The number of ether oxygens (including phenoxy) is 2. The highest BCUT2D eigenvalue weighted by atomic mass is 16.5. The number of unbranched alkanes of at least 4 members (excludes halogenated alkanes) is 1. The van der Waals surface area contributed by atoms with Crippen molar-refractivity contribution in [3.63, 3.8) is 0 Å². The van der Waals surface area contributed by atoms with Crippen LogP contribution in [-0.4, -0.2) is 20.0 Å². The average Bonchev–Trinajstić information content (AvgIpc) is 2.46. The summed E-state index contributed by atoms with van der Waals surface area (Å²) in [4.78, 5) is 11.0. The van der Waals surface area contributed by atoms with E-state index >= 15 is 0 Å². The summed E-state index contributed by atoms with van der Waals surface area (Å²) < 4.78 is 10.8. The molecule has 0 saturated carbocycles. The van der Waals surface area contributed by atoms with Gasteiger partial charge in [0.15, 0.2) is 17.8 Å². The van der Waals surface area contributed by atoms with Crippen molar-refractivity contribution < 1.29 is 14.3 Å². The lowest BCUT2D eigenvalue weighted by atomic mass is 9.89. The van der Waals surface area contributed by atoms with Gasteiger partial charge in [-0.15, -0.1) is 0 Å². The topological polar surface area (TPSA) is 59.3 Å². The molecule has 0 aliphatic rings. The second-order valence-corrected chi connectivity index (χ2v) is 5.30. The standard InChI is InChI=1S/C16H21NO3/c1-16(2,12-17)9-4-5-10-20-15-13(11-18)7-6-8-14(15)19-3/h6-8,11H,4-5,9-10H2,1-3H3. The maximum absolute atomic E-state index is 11.0. The summed E-state index contributed by atoms with van der Waals surface area (Å²) in [6.45, 7) is 4.36. The number of carbonyl (C=O) groups is 1. The van der Waals surface area contributed by atoms with Gasteiger partial charge in [0.25, 0.3) is 0 Å². The first-order valence-corrected chi connectivity index (χ1v) is 6.70. The van der Waals surface area contributed by atoms with Gasteiger partial charge in [0.2, 0.25) is 0 Å². The van der Waals surface area contributed by atoms with Crippen molar-refractivity contribution in [1.29, 1.82) is 5.26 Å². The Balaban J connectivity index is 2.50. The van der Waals surface area contributed by atoms with E-state index in [4.69, 9.17) is 14.7 Å². The number of para-hydroxylation sites is 1. The third kappa shape index (κ3) is 4.58. The fourth-order valence-corrected chi connectivity index (χ4v) is 1.84. The average molecular weight is 275 g/mol. The second-order valence-electron chi connectivity index (χ2n) is 5.30. The van der Waals surface area contributed by atoms with Crippen LogP contribution in [-0.2, 0) is 0 Å². The molecule has 0 radical (unpaired) electrons. The molecule has 0 saturated heterocycles. The molecule has 0 amide bonds. The highest BCUT2D eigenvalue weighted by molar-refractivity contribution is 5.81. The third-order valence-electron chi connectivity index (χ3n) is 3.10. The van der Waals surface area contributed by atoms with Crippen LogP contribution in [0.4, 0.5) is 0 Å². The normalized spacial score (nSPS) is 10.7. The molecule has 0 heterocycles. The summed E-state index contributed by atoms with van der Waals surface area (Å²) >= 11 is 0. The van der Waals surface area contributed by atoms with Gasteiger partial charge in [0.05, 0.1) is 30.8 Å². The maximum Gasteiger partial charge on any atom is 0.171 e. The van der Waals surface area contributed by atoms with Crippen LogP contribution in [0.25, 0.3) is 0 Å². The molecule has 4 nitrogen and oxygen atoms in total. The first-order valence-electron chi connectivity index (χ1n) is 6.70. The molecule has 0 fully saturated rings. The lowest BCUT2D eigenvalue weighted by molar-refractivity contribution is 0.111. The Kier molecular flexibility index (Phi) is 6.05. The molecule has 0 aliphatic carbocycles. The monoisotopic (exact) mass is 275 g/mol. The lowest BCUT2D eigenvalue weighted by Crippen LogP contribution is -2.09. The predicted octanol–water partition coefficient (Wildman–Crippen LogP) is 3.61. The van der Waals surface area contributed by atoms with Crippen LogP contribution in [0, 0.1) is 16.7 Å². The number of hydrogen-bond donors (Lipinski definition) is 0. The van der Waals surface area contributed by atoms with Crippen molar-refractivity contribution in [3.8, 4) is 17.6 Å².